The van der Waals surface area contributed by atoms with E-state index in [0.29, 0.717) is 38.5 Å². The van der Waals surface area contributed by atoms with Gasteiger partial charge in [0.1, 0.15) is 11.6 Å². The van der Waals surface area contributed by atoms with Gasteiger partial charge in [-0.15, -0.1) is 0 Å². The van der Waals surface area contributed by atoms with E-state index in [-0.39, 0.29) is 5.91 Å². The van der Waals surface area contributed by atoms with Crippen molar-refractivity contribution in [2.75, 3.05) is 36.4 Å². The molecule has 9 nitrogen and oxygen atoms in total. The molecular formula is C22H23N7O2. The molecule has 0 atom stereocenters. The monoisotopic (exact) mass is 417 g/mol. The van der Waals surface area contributed by atoms with Gasteiger partial charge in [-0.25, -0.2) is 4.98 Å². The highest BCUT2D eigenvalue weighted by Gasteiger charge is 2.25. The Kier molecular flexibility index (Phi) is 4.99. The van der Waals surface area contributed by atoms with E-state index >= 15 is 0 Å². The molecule has 5 heterocycles. The van der Waals surface area contributed by atoms with Gasteiger partial charge < -0.3 is 19.5 Å². The van der Waals surface area contributed by atoms with E-state index in [9.17, 15) is 4.79 Å². The maximum atomic E-state index is 12.5. The van der Waals surface area contributed by atoms with Gasteiger partial charge in [0.15, 0.2) is 11.4 Å². The Labute approximate surface area is 179 Å². The third-order valence-electron chi connectivity index (χ3n) is 5.45. The van der Waals surface area contributed by atoms with Crippen LogP contribution in [0.25, 0.3) is 5.65 Å². The first-order valence-corrected chi connectivity index (χ1v) is 10.2. The lowest BCUT2D eigenvalue weighted by Gasteiger charge is -2.35. The summed E-state index contributed by atoms with van der Waals surface area (Å²) in [5.74, 6) is 2.05. The van der Waals surface area contributed by atoms with Gasteiger partial charge in [-0.05, 0) is 30.7 Å². The molecule has 0 saturated carbocycles. The van der Waals surface area contributed by atoms with Crippen LogP contribution in [0.2, 0.25) is 0 Å². The van der Waals surface area contributed by atoms with Crippen LogP contribution in [0, 0.1) is 6.92 Å². The number of pyridine rings is 1. The number of piperazine rings is 1. The first-order chi connectivity index (χ1) is 15.2. The van der Waals surface area contributed by atoms with Crippen molar-refractivity contribution in [3.05, 3.63) is 72.1 Å². The predicted molar refractivity (Wildman–Crippen MR) is 116 cm³/mol. The molecule has 0 unspecified atom stereocenters. The minimum Gasteiger partial charge on any atom is -0.459 e. The SMILES string of the molecule is Cc1cnn2c(NCc3cccnc3)cc(N3CCN(C(=O)c4ccco4)CC3)nc12. The van der Waals surface area contributed by atoms with Crippen molar-refractivity contribution in [3.8, 4) is 0 Å². The molecule has 31 heavy (non-hydrogen) atoms. The minimum absolute atomic E-state index is 0.0708. The van der Waals surface area contributed by atoms with Crippen LogP contribution in [0.3, 0.4) is 0 Å². The molecule has 4 aromatic rings. The Morgan fingerprint density at radius 1 is 1.16 bits per heavy atom. The highest BCUT2D eigenvalue weighted by Crippen LogP contribution is 2.23. The van der Waals surface area contributed by atoms with E-state index < -0.39 is 0 Å². The molecule has 1 aliphatic heterocycles. The Balaban J connectivity index is 1.35. The average molecular weight is 417 g/mol. The van der Waals surface area contributed by atoms with Crippen LogP contribution in [0.15, 0.2) is 59.6 Å². The fourth-order valence-electron chi connectivity index (χ4n) is 3.74. The molecule has 1 saturated heterocycles. The van der Waals surface area contributed by atoms with Gasteiger partial charge in [-0.1, -0.05) is 6.07 Å². The summed E-state index contributed by atoms with van der Waals surface area (Å²) in [7, 11) is 0. The highest BCUT2D eigenvalue weighted by atomic mass is 16.3. The van der Waals surface area contributed by atoms with Crippen LogP contribution < -0.4 is 10.2 Å². The van der Waals surface area contributed by atoms with Crippen LogP contribution in [0.5, 0.6) is 0 Å². The topological polar surface area (TPSA) is 91.8 Å². The number of carbonyl (C=O) groups is 1. The number of aromatic nitrogens is 4. The highest BCUT2D eigenvalue weighted by molar-refractivity contribution is 5.91. The zero-order valence-corrected chi connectivity index (χ0v) is 17.2. The van der Waals surface area contributed by atoms with Crippen molar-refractivity contribution >= 4 is 23.2 Å². The smallest absolute Gasteiger partial charge is 0.289 e. The Bertz CT molecular complexity index is 1180. The predicted octanol–water partition coefficient (Wildman–Crippen LogP) is 2.60. The molecule has 0 radical (unpaired) electrons. The van der Waals surface area contributed by atoms with E-state index in [1.807, 2.05) is 46.9 Å². The van der Waals surface area contributed by atoms with Gasteiger partial charge in [0.05, 0.1) is 12.5 Å². The molecule has 5 rings (SSSR count). The van der Waals surface area contributed by atoms with Crippen LogP contribution in [0.1, 0.15) is 21.7 Å². The molecule has 158 valence electrons. The summed E-state index contributed by atoms with van der Waals surface area (Å²) in [6, 6.07) is 9.40. The second-order valence-electron chi connectivity index (χ2n) is 7.53. The van der Waals surface area contributed by atoms with Gasteiger partial charge in [0.2, 0.25) is 0 Å². The van der Waals surface area contributed by atoms with Crippen LogP contribution in [-0.4, -0.2) is 56.6 Å². The quantitative estimate of drug-likeness (QED) is 0.534. The summed E-state index contributed by atoms with van der Waals surface area (Å²) in [4.78, 5) is 25.6. The molecule has 1 N–H and O–H groups in total. The number of carbonyl (C=O) groups excluding carboxylic acids is 1. The van der Waals surface area contributed by atoms with Crippen molar-refractivity contribution in [2.45, 2.75) is 13.5 Å². The molecule has 0 aromatic carbocycles. The summed E-state index contributed by atoms with van der Waals surface area (Å²) in [5.41, 5.74) is 2.92. The summed E-state index contributed by atoms with van der Waals surface area (Å²) in [5, 5.41) is 7.93. The summed E-state index contributed by atoms with van der Waals surface area (Å²) < 4.78 is 7.08. The number of amides is 1. The molecule has 1 fully saturated rings. The fraction of sp³-hybridized carbons (Fsp3) is 0.273. The summed E-state index contributed by atoms with van der Waals surface area (Å²) in [6.07, 6.45) is 6.95. The molecule has 0 aliphatic carbocycles. The average Bonchev–Trinajstić information content (AvgIpc) is 3.48. The lowest BCUT2D eigenvalue weighted by atomic mass is 10.2. The van der Waals surface area contributed by atoms with Gasteiger partial charge >= 0.3 is 0 Å². The first kappa shape index (κ1) is 19.1. The summed E-state index contributed by atoms with van der Waals surface area (Å²) in [6.45, 7) is 5.27. The van der Waals surface area contributed by atoms with E-state index in [1.54, 1.807) is 18.3 Å². The third kappa shape index (κ3) is 3.81. The zero-order chi connectivity index (χ0) is 21.2. The van der Waals surface area contributed by atoms with Crippen LogP contribution in [-0.2, 0) is 6.54 Å². The number of anilines is 2. The van der Waals surface area contributed by atoms with Crippen LogP contribution in [0.4, 0.5) is 11.6 Å². The van der Waals surface area contributed by atoms with Crippen molar-refractivity contribution in [1.82, 2.24) is 24.5 Å². The van der Waals surface area contributed by atoms with Crippen LogP contribution >= 0.6 is 0 Å². The number of rotatable bonds is 5. The number of nitrogens with zero attached hydrogens (tertiary/aromatic N) is 6. The van der Waals surface area contributed by atoms with Gasteiger partial charge in [0, 0.05) is 56.7 Å². The Morgan fingerprint density at radius 2 is 2.03 bits per heavy atom. The van der Waals surface area contributed by atoms with E-state index in [2.05, 4.69) is 20.3 Å². The number of fused-ring (bicyclic) bond motifs is 1. The van der Waals surface area contributed by atoms with Gasteiger partial charge in [0.25, 0.3) is 5.91 Å². The maximum Gasteiger partial charge on any atom is 0.289 e. The van der Waals surface area contributed by atoms with Crippen molar-refractivity contribution in [2.24, 2.45) is 0 Å². The maximum absolute atomic E-state index is 12.5. The van der Waals surface area contributed by atoms with E-state index in [1.165, 1.54) is 6.26 Å². The number of hydrogen-bond acceptors (Lipinski definition) is 7. The number of hydrogen-bond donors (Lipinski definition) is 1. The molecule has 1 amide bonds. The largest absolute Gasteiger partial charge is 0.459 e. The summed E-state index contributed by atoms with van der Waals surface area (Å²) >= 11 is 0. The van der Waals surface area contributed by atoms with Crippen molar-refractivity contribution in [1.29, 1.82) is 0 Å². The van der Waals surface area contributed by atoms with Crippen molar-refractivity contribution < 1.29 is 9.21 Å². The molecule has 1 aliphatic rings. The number of nitrogens with one attached hydrogen (secondary N) is 1. The van der Waals surface area contributed by atoms with Gasteiger partial charge in [-0.2, -0.15) is 9.61 Å². The molecular weight excluding hydrogens is 394 g/mol. The third-order valence-corrected chi connectivity index (χ3v) is 5.45. The number of furan rings is 1. The lowest BCUT2D eigenvalue weighted by molar-refractivity contribution is 0.0714. The second kappa shape index (κ2) is 8.10. The zero-order valence-electron chi connectivity index (χ0n) is 17.2. The van der Waals surface area contributed by atoms with Crippen molar-refractivity contribution in [3.63, 3.8) is 0 Å². The fourth-order valence-corrected chi connectivity index (χ4v) is 3.74. The van der Waals surface area contributed by atoms with Gasteiger partial charge in [-0.3, -0.25) is 9.78 Å². The first-order valence-electron chi connectivity index (χ1n) is 10.2. The molecule has 9 heteroatoms. The van der Waals surface area contributed by atoms with E-state index in [0.717, 1.165) is 28.4 Å². The Hall–Kier alpha value is -3.88. The second-order valence-corrected chi connectivity index (χ2v) is 7.53. The number of aryl methyl sites for hydroxylation is 1. The Morgan fingerprint density at radius 3 is 2.77 bits per heavy atom. The normalized spacial score (nSPS) is 14.2. The molecule has 0 bridgehead atoms. The lowest BCUT2D eigenvalue weighted by Crippen LogP contribution is -2.49. The standard InChI is InChI=1S/C22H23N7O2/c1-16-13-25-29-19(24-15-17-4-2-6-23-14-17)12-20(26-21(16)29)27-7-9-28(10-8-27)22(30)18-5-3-11-31-18/h2-6,11-14,24H,7-10,15H2,1H3. The molecule has 4 aromatic heterocycles. The minimum atomic E-state index is -0.0708. The molecule has 0 spiro atoms. The van der Waals surface area contributed by atoms with E-state index in [4.69, 9.17) is 9.40 Å².